The van der Waals surface area contributed by atoms with Gasteiger partial charge < -0.3 is 15.2 Å². The molecule has 102 valence electrons. The molecular formula is C13H24N4O. The SMILES string of the molecule is CCCC(CN)c1nc(N2CCCCCC2)no1. The van der Waals surface area contributed by atoms with Gasteiger partial charge in [0.1, 0.15) is 0 Å². The molecule has 0 amide bonds. The smallest absolute Gasteiger partial charge is 0.266 e. The molecule has 1 fully saturated rings. The Hall–Kier alpha value is -1.10. The minimum atomic E-state index is 0.211. The zero-order chi connectivity index (χ0) is 12.8. The van der Waals surface area contributed by atoms with E-state index < -0.39 is 0 Å². The minimum absolute atomic E-state index is 0.211. The molecule has 2 rings (SSSR count). The van der Waals surface area contributed by atoms with Crippen molar-refractivity contribution in [3.63, 3.8) is 0 Å². The van der Waals surface area contributed by atoms with Crippen LogP contribution in [0, 0.1) is 0 Å². The highest BCUT2D eigenvalue weighted by Gasteiger charge is 2.20. The van der Waals surface area contributed by atoms with Gasteiger partial charge in [0.05, 0.1) is 5.92 Å². The third-order valence-electron chi connectivity index (χ3n) is 3.59. The third kappa shape index (κ3) is 3.22. The van der Waals surface area contributed by atoms with Crippen LogP contribution < -0.4 is 10.6 Å². The molecule has 0 spiro atoms. The zero-order valence-electron chi connectivity index (χ0n) is 11.3. The molecule has 2 N–H and O–H groups in total. The maximum Gasteiger partial charge on any atom is 0.266 e. The van der Waals surface area contributed by atoms with Crippen molar-refractivity contribution in [3.05, 3.63) is 5.89 Å². The van der Waals surface area contributed by atoms with Gasteiger partial charge in [-0.2, -0.15) is 4.98 Å². The minimum Gasteiger partial charge on any atom is -0.338 e. The topological polar surface area (TPSA) is 68.2 Å². The number of hydrogen-bond acceptors (Lipinski definition) is 5. The van der Waals surface area contributed by atoms with Crippen molar-refractivity contribution < 1.29 is 4.52 Å². The lowest BCUT2D eigenvalue weighted by atomic mass is 10.0. The molecule has 1 aliphatic heterocycles. The Balaban J connectivity index is 2.03. The van der Waals surface area contributed by atoms with Gasteiger partial charge in [0, 0.05) is 19.6 Å². The Morgan fingerprint density at radius 2 is 2.00 bits per heavy atom. The summed E-state index contributed by atoms with van der Waals surface area (Å²) in [6, 6.07) is 0. The molecule has 0 saturated carbocycles. The first-order valence-corrected chi connectivity index (χ1v) is 7.13. The molecule has 1 aromatic rings. The van der Waals surface area contributed by atoms with Crippen molar-refractivity contribution in [2.45, 2.75) is 51.4 Å². The maximum atomic E-state index is 5.76. The molecule has 1 aromatic heterocycles. The van der Waals surface area contributed by atoms with Gasteiger partial charge in [-0.1, -0.05) is 26.2 Å². The zero-order valence-corrected chi connectivity index (χ0v) is 11.3. The van der Waals surface area contributed by atoms with E-state index in [1.165, 1.54) is 25.7 Å². The average Bonchev–Trinajstić information content (AvgIpc) is 2.71. The van der Waals surface area contributed by atoms with Crippen LogP contribution in [0.1, 0.15) is 57.3 Å². The summed E-state index contributed by atoms with van der Waals surface area (Å²) in [5.74, 6) is 1.67. The van der Waals surface area contributed by atoms with Gasteiger partial charge in [-0.25, -0.2) is 0 Å². The largest absolute Gasteiger partial charge is 0.338 e. The summed E-state index contributed by atoms with van der Waals surface area (Å²) in [4.78, 5) is 6.77. The van der Waals surface area contributed by atoms with Crippen LogP contribution in [0.4, 0.5) is 5.95 Å². The molecule has 0 aromatic carbocycles. The van der Waals surface area contributed by atoms with E-state index in [1.807, 2.05) is 0 Å². The summed E-state index contributed by atoms with van der Waals surface area (Å²) in [5, 5.41) is 4.12. The molecule has 0 aliphatic carbocycles. The van der Waals surface area contributed by atoms with Crippen molar-refractivity contribution in [2.24, 2.45) is 5.73 Å². The summed E-state index contributed by atoms with van der Waals surface area (Å²) in [7, 11) is 0. The van der Waals surface area contributed by atoms with Gasteiger partial charge in [-0.15, -0.1) is 0 Å². The second kappa shape index (κ2) is 6.73. The molecule has 1 atom stereocenters. The van der Waals surface area contributed by atoms with E-state index in [2.05, 4.69) is 22.0 Å². The van der Waals surface area contributed by atoms with Crippen LogP contribution >= 0.6 is 0 Å². The first-order valence-electron chi connectivity index (χ1n) is 7.13. The van der Waals surface area contributed by atoms with Crippen molar-refractivity contribution in [3.8, 4) is 0 Å². The predicted molar refractivity (Wildman–Crippen MR) is 71.7 cm³/mol. The fourth-order valence-electron chi connectivity index (χ4n) is 2.48. The lowest BCUT2D eigenvalue weighted by Crippen LogP contribution is -2.25. The maximum absolute atomic E-state index is 5.76. The predicted octanol–water partition coefficient (Wildman–Crippen LogP) is 2.29. The fourth-order valence-corrected chi connectivity index (χ4v) is 2.48. The molecule has 0 bridgehead atoms. The van der Waals surface area contributed by atoms with Crippen molar-refractivity contribution >= 4 is 5.95 Å². The van der Waals surface area contributed by atoms with E-state index in [4.69, 9.17) is 10.3 Å². The van der Waals surface area contributed by atoms with Gasteiger partial charge in [0.25, 0.3) is 5.95 Å². The summed E-state index contributed by atoms with van der Waals surface area (Å²) in [6.07, 6.45) is 7.16. The molecule has 0 radical (unpaired) electrons. The van der Waals surface area contributed by atoms with Crippen molar-refractivity contribution in [1.29, 1.82) is 0 Å². The molecule has 5 nitrogen and oxygen atoms in total. The summed E-state index contributed by atoms with van der Waals surface area (Å²) in [5.41, 5.74) is 5.76. The summed E-state index contributed by atoms with van der Waals surface area (Å²) >= 11 is 0. The van der Waals surface area contributed by atoms with Gasteiger partial charge in [0.15, 0.2) is 0 Å². The van der Waals surface area contributed by atoms with Crippen LogP contribution in [0.15, 0.2) is 4.52 Å². The highest BCUT2D eigenvalue weighted by atomic mass is 16.5. The third-order valence-corrected chi connectivity index (χ3v) is 3.59. The molecule has 2 heterocycles. The van der Waals surface area contributed by atoms with Gasteiger partial charge in [0.2, 0.25) is 5.89 Å². The van der Waals surface area contributed by atoms with Crippen LogP contribution in [-0.2, 0) is 0 Å². The molecule has 18 heavy (non-hydrogen) atoms. The van der Waals surface area contributed by atoms with E-state index in [-0.39, 0.29) is 5.92 Å². The van der Waals surface area contributed by atoms with Crippen LogP contribution in [0.3, 0.4) is 0 Å². The molecule has 1 unspecified atom stereocenters. The first kappa shape index (κ1) is 13.3. The Labute approximate surface area is 109 Å². The fraction of sp³-hybridized carbons (Fsp3) is 0.846. The Morgan fingerprint density at radius 3 is 2.61 bits per heavy atom. The lowest BCUT2D eigenvalue weighted by molar-refractivity contribution is 0.346. The highest BCUT2D eigenvalue weighted by molar-refractivity contribution is 5.28. The molecule has 1 saturated heterocycles. The summed E-state index contributed by atoms with van der Waals surface area (Å²) in [6.45, 7) is 4.81. The van der Waals surface area contributed by atoms with Gasteiger partial charge >= 0.3 is 0 Å². The first-order chi connectivity index (χ1) is 8.85. The second-order valence-electron chi connectivity index (χ2n) is 5.06. The number of nitrogens with two attached hydrogens (primary N) is 1. The van der Waals surface area contributed by atoms with Crippen molar-refractivity contribution in [2.75, 3.05) is 24.5 Å². The average molecular weight is 252 g/mol. The van der Waals surface area contributed by atoms with E-state index in [1.54, 1.807) is 0 Å². The lowest BCUT2D eigenvalue weighted by Gasteiger charge is -2.16. The van der Waals surface area contributed by atoms with E-state index in [9.17, 15) is 0 Å². The van der Waals surface area contributed by atoms with Crippen molar-refractivity contribution in [1.82, 2.24) is 10.1 Å². The number of anilines is 1. The number of aromatic nitrogens is 2. The Kier molecular flexibility index (Phi) is 4.99. The van der Waals surface area contributed by atoms with E-state index >= 15 is 0 Å². The van der Waals surface area contributed by atoms with Crippen LogP contribution in [-0.4, -0.2) is 29.8 Å². The Bertz CT molecular complexity index is 345. The van der Waals surface area contributed by atoms with Crippen LogP contribution in [0.5, 0.6) is 0 Å². The van der Waals surface area contributed by atoms with E-state index in [0.29, 0.717) is 12.4 Å². The van der Waals surface area contributed by atoms with E-state index in [0.717, 1.165) is 31.9 Å². The highest BCUT2D eigenvalue weighted by Crippen LogP contribution is 2.22. The standard InChI is InChI=1S/C13H24N4O/c1-2-7-11(10-14)12-15-13(16-18-12)17-8-5-3-4-6-9-17/h11H,2-10,14H2,1H3. The monoisotopic (exact) mass is 252 g/mol. The van der Waals surface area contributed by atoms with Gasteiger partial charge in [-0.3, -0.25) is 0 Å². The number of hydrogen-bond donors (Lipinski definition) is 1. The quantitative estimate of drug-likeness (QED) is 0.870. The normalized spacial score (nSPS) is 18.7. The number of rotatable bonds is 5. The van der Waals surface area contributed by atoms with Gasteiger partial charge in [-0.05, 0) is 24.4 Å². The second-order valence-corrected chi connectivity index (χ2v) is 5.06. The molecule has 1 aliphatic rings. The molecule has 5 heteroatoms. The van der Waals surface area contributed by atoms with Crippen LogP contribution in [0.2, 0.25) is 0 Å². The molecular weight excluding hydrogens is 228 g/mol. The summed E-state index contributed by atoms with van der Waals surface area (Å²) < 4.78 is 5.38. The number of nitrogens with zero attached hydrogens (tertiary/aromatic N) is 3. The van der Waals surface area contributed by atoms with Crippen LogP contribution in [0.25, 0.3) is 0 Å². The Morgan fingerprint density at radius 1 is 1.28 bits per heavy atom.